The Hall–Kier alpha value is -2.53. The Balaban J connectivity index is 1.73. The summed E-state index contributed by atoms with van der Waals surface area (Å²) in [6.07, 6.45) is 0.615. The van der Waals surface area contributed by atoms with Gasteiger partial charge in [-0.25, -0.2) is 4.79 Å². The second-order valence-corrected chi connectivity index (χ2v) is 6.72. The van der Waals surface area contributed by atoms with Crippen molar-refractivity contribution in [2.24, 2.45) is 0 Å². The van der Waals surface area contributed by atoms with Gasteiger partial charge in [-0.2, -0.15) is 0 Å². The van der Waals surface area contributed by atoms with E-state index in [9.17, 15) is 9.59 Å². The van der Waals surface area contributed by atoms with Gasteiger partial charge in [0.25, 0.3) is 0 Å². The topological polar surface area (TPSA) is 52.7 Å². The Morgan fingerprint density at radius 1 is 1.27 bits per heavy atom. The van der Waals surface area contributed by atoms with Gasteiger partial charge in [-0.05, 0) is 50.1 Å². The molecule has 1 fully saturated rings. The molecule has 1 unspecified atom stereocenters. The number of nitrogens with zero attached hydrogens (tertiary/aromatic N) is 2. The van der Waals surface area contributed by atoms with Crippen LogP contribution in [0.4, 0.5) is 16.2 Å². The maximum Gasteiger partial charge on any atom is 0.322 e. The zero-order valence-electron chi connectivity index (χ0n) is 14.9. The first-order valence-electron chi connectivity index (χ1n) is 8.71. The molecular formula is C20H22ClN3O2. The molecular weight excluding hydrogens is 350 g/mol. The fourth-order valence-electron chi connectivity index (χ4n) is 3.19. The van der Waals surface area contributed by atoms with Crippen molar-refractivity contribution in [2.75, 3.05) is 23.3 Å². The summed E-state index contributed by atoms with van der Waals surface area (Å²) in [6, 6.07) is 14.2. The summed E-state index contributed by atoms with van der Waals surface area (Å²) in [5.41, 5.74) is 2.43. The Kier molecular flexibility index (Phi) is 5.47. The van der Waals surface area contributed by atoms with Gasteiger partial charge in [0.05, 0.1) is 0 Å². The van der Waals surface area contributed by atoms with Gasteiger partial charge < -0.3 is 15.1 Å². The van der Waals surface area contributed by atoms with Crippen LogP contribution in [0.2, 0.25) is 5.02 Å². The summed E-state index contributed by atoms with van der Waals surface area (Å²) in [5.74, 6) is -0.0462. The number of urea groups is 1. The van der Waals surface area contributed by atoms with Gasteiger partial charge in [0.1, 0.15) is 6.04 Å². The number of carbonyl (C=O) groups excluding carboxylic acids is 2. The van der Waals surface area contributed by atoms with E-state index in [0.717, 1.165) is 11.3 Å². The molecule has 1 aliphatic heterocycles. The molecule has 1 aliphatic rings. The summed E-state index contributed by atoms with van der Waals surface area (Å²) < 4.78 is 0. The molecule has 0 saturated carbocycles. The van der Waals surface area contributed by atoms with E-state index >= 15 is 0 Å². The van der Waals surface area contributed by atoms with Crippen molar-refractivity contribution in [2.45, 2.75) is 26.3 Å². The number of halogens is 1. The van der Waals surface area contributed by atoms with Gasteiger partial charge in [0.15, 0.2) is 0 Å². The summed E-state index contributed by atoms with van der Waals surface area (Å²) in [6.45, 7) is 4.83. The summed E-state index contributed by atoms with van der Waals surface area (Å²) in [7, 11) is 0. The molecule has 0 aliphatic carbocycles. The Morgan fingerprint density at radius 3 is 2.65 bits per heavy atom. The van der Waals surface area contributed by atoms with Gasteiger partial charge in [-0.1, -0.05) is 35.9 Å². The average Bonchev–Trinajstić information content (AvgIpc) is 3.01. The van der Waals surface area contributed by atoms with Gasteiger partial charge >= 0.3 is 6.03 Å². The van der Waals surface area contributed by atoms with Crippen molar-refractivity contribution in [3.8, 4) is 0 Å². The second-order valence-electron chi connectivity index (χ2n) is 6.31. The van der Waals surface area contributed by atoms with Crippen molar-refractivity contribution < 1.29 is 9.59 Å². The predicted molar refractivity (Wildman–Crippen MR) is 105 cm³/mol. The lowest BCUT2D eigenvalue weighted by molar-refractivity contribution is -0.120. The van der Waals surface area contributed by atoms with Crippen LogP contribution in [-0.4, -0.2) is 36.0 Å². The van der Waals surface area contributed by atoms with E-state index in [1.807, 2.05) is 50.2 Å². The van der Waals surface area contributed by atoms with E-state index < -0.39 is 6.04 Å². The quantitative estimate of drug-likeness (QED) is 0.870. The maximum absolute atomic E-state index is 12.8. The number of anilines is 2. The smallest absolute Gasteiger partial charge is 0.313 e. The first-order valence-corrected chi connectivity index (χ1v) is 9.09. The number of aryl methyl sites for hydroxylation is 1. The van der Waals surface area contributed by atoms with Crippen LogP contribution in [0.5, 0.6) is 0 Å². The molecule has 3 amide bonds. The molecule has 0 aromatic heterocycles. The first-order chi connectivity index (χ1) is 12.5. The molecule has 136 valence electrons. The lowest BCUT2D eigenvalue weighted by Crippen LogP contribution is -2.47. The third-order valence-electron chi connectivity index (χ3n) is 4.65. The number of rotatable bonds is 4. The Bertz CT molecular complexity index is 810. The average molecular weight is 372 g/mol. The Morgan fingerprint density at radius 2 is 2.00 bits per heavy atom. The molecule has 1 N–H and O–H groups in total. The molecule has 26 heavy (non-hydrogen) atoms. The number of nitrogens with one attached hydrogen (secondary N) is 1. The highest BCUT2D eigenvalue weighted by atomic mass is 35.5. The van der Waals surface area contributed by atoms with Crippen LogP contribution >= 0.6 is 11.6 Å². The molecule has 1 heterocycles. The SMILES string of the molecule is CCN(C(=O)Nc1ccc(C)c(Cl)c1)C1CCN(c2ccccc2)C1=O. The van der Waals surface area contributed by atoms with Crippen LogP contribution in [0.25, 0.3) is 0 Å². The summed E-state index contributed by atoms with van der Waals surface area (Å²) in [4.78, 5) is 28.9. The first kappa shape index (κ1) is 18.3. The van der Waals surface area contributed by atoms with E-state index in [1.165, 1.54) is 0 Å². The van der Waals surface area contributed by atoms with Gasteiger partial charge in [-0.15, -0.1) is 0 Å². The summed E-state index contributed by atoms with van der Waals surface area (Å²) in [5, 5.41) is 3.44. The molecule has 6 heteroatoms. The fraction of sp³-hybridized carbons (Fsp3) is 0.300. The number of hydrogen-bond acceptors (Lipinski definition) is 2. The van der Waals surface area contributed by atoms with Crippen LogP contribution in [0.1, 0.15) is 18.9 Å². The molecule has 2 aromatic rings. The third kappa shape index (κ3) is 3.68. The van der Waals surface area contributed by atoms with Crippen molar-refractivity contribution in [1.82, 2.24) is 4.90 Å². The highest BCUT2D eigenvalue weighted by Crippen LogP contribution is 2.25. The normalized spacial score (nSPS) is 16.7. The van der Waals surface area contributed by atoms with Crippen LogP contribution in [-0.2, 0) is 4.79 Å². The molecule has 0 bridgehead atoms. The highest BCUT2D eigenvalue weighted by Gasteiger charge is 2.38. The molecule has 3 rings (SSSR count). The summed E-state index contributed by atoms with van der Waals surface area (Å²) >= 11 is 6.12. The van der Waals surface area contributed by atoms with Crippen LogP contribution in [0.15, 0.2) is 48.5 Å². The molecule has 0 radical (unpaired) electrons. The zero-order valence-corrected chi connectivity index (χ0v) is 15.7. The van der Waals surface area contributed by atoms with Crippen molar-refractivity contribution >= 4 is 34.9 Å². The van der Waals surface area contributed by atoms with E-state index in [-0.39, 0.29) is 11.9 Å². The number of para-hydroxylation sites is 1. The monoisotopic (exact) mass is 371 g/mol. The number of amides is 3. The minimum atomic E-state index is -0.457. The minimum absolute atomic E-state index is 0.0462. The number of carbonyl (C=O) groups is 2. The largest absolute Gasteiger partial charge is 0.322 e. The van der Waals surface area contributed by atoms with Crippen LogP contribution in [0.3, 0.4) is 0 Å². The van der Waals surface area contributed by atoms with E-state index in [2.05, 4.69) is 5.32 Å². The van der Waals surface area contributed by atoms with E-state index in [1.54, 1.807) is 21.9 Å². The van der Waals surface area contributed by atoms with Crippen molar-refractivity contribution in [1.29, 1.82) is 0 Å². The lowest BCUT2D eigenvalue weighted by atomic mass is 10.2. The van der Waals surface area contributed by atoms with Crippen molar-refractivity contribution in [3.63, 3.8) is 0 Å². The van der Waals surface area contributed by atoms with Gasteiger partial charge in [0, 0.05) is 29.5 Å². The fourth-order valence-corrected chi connectivity index (χ4v) is 3.37. The van der Waals surface area contributed by atoms with Gasteiger partial charge in [-0.3, -0.25) is 4.79 Å². The lowest BCUT2D eigenvalue weighted by Gasteiger charge is -2.27. The number of likely N-dealkylation sites (N-methyl/N-ethyl adjacent to an activating group) is 1. The predicted octanol–water partition coefficient (Wildman–Crippen LogP) is 4.31. The third-order valence-corrected chi connectivity index (χ3v) is 5.05. The standard InChI is InChI=1S/C20H22ClN3O2/c1-3-23(20(26)22-15-10-9-14(2)17(21)13-15)18-11-12-24(19(18)25)16-7-5-4-6-8-16/h4-10,13,18H,3,11-12H2,1-2H3,(H,22,26). The zero-order chi connectivity index (χ0) is 18.7. The maximum atomic E-state index is 12.8. The van der Waals surface area contributed by atoms with Crippen LogP contribution < -0.4 is 10.2 Å². The van der Waals surface area contributed by atoms with Crippen molar-refractivity contribution in [3.05, 3.63) is 59.1 Å². The van der Waals surface area contributed by atoms with E-state index in [4.69, 9.17) is 11.6 Å². The van der Waals surface area contributed by atoms with Crippen LogP contribution in [0, 0.1) is 6.92 Å². The molecule has 2 aromatic carbocycles. The van der Waals surface area contributed by atoms with E-state index in [0.29, 0.717) is 30.2 Å². The molecule has 1 atom stereocenters. The molecule has 0 spiro atoms. The molecule has 5 nitrogen and oxygen atoms in total. The Labute approximate surface area is 158 Å². The second kappa shape index (κ2) is 7.79. The highest BCUT2D eigenvalue weighted by molar-refractivity contribution is 6.31. The molecule has 1 saturated heterocycles. The van der Waals surface area contributed by atoms with Gasteiger partial charge in [0.2, 0.25) is 5.91 Å². The number of hydrogen-bond donors (Lipinski definition) is 1. The minimum Gasteiger partial charge on any atom is -0.313 e. The number of benzene rings is 2.